The number of hydrogen-bond acceptors (Lipinski definition) is 5. The Bertz CT molecular complexity index is 1040. The lowest BCUT2D eigenvalue weighted by molar-refractivity contribution is 0.0172. The quantitative estimate of drug-likeness (QED) is 0.746. The molecule has 7 nitrogen and oxygen atoms in total. The summed E-state index contributed by atoms with van der Waals surface area (Å²) in [5.74, 6) is 0.593. The summed E-state index contributed by atoms with van der Waals surface area (Å²) in [5, 5.41) is 11.0. The SMILES string of the molecule is Cn1c(=O)c(-c2nccn2[C@@H]2CO[C@H]3[C@@H]2OC[C@H]3O)cc2ccccc21. The Kier molecular flexibility index (Phi) is 3.49. The van der Waals surface area contributed by atoms with E-state index in [-0.39, 0.29) is 30.4 Å². The molecule has 0 amide bonds. The van der Waals surface area contributed by atoms with Crippen LogP contribution in [0.15, 0.2) is 47.5 Å². The van der Waals surface area contributed by atoms with Crippen molar-refractivity contribution >= 4 is 10.9 Å². The van der Waals surface area contributed by atoms with Gasteiger partial charge in [-0.2, -0.15) is 0 Å². The van der Waals surface area contributed by atoms with Gasteiger partial charge in [-0.15, -0.1) is 0 Å². The number of fused-ring (bicyclic) bond motifs is 2. The lowest BCUT2D eigenvalue weighted by Gasteiger charge is -2.20. The summed E-state index contributed by atoms with van der Waals surface area (Å²) in [6.07, 6.45) is 2.36. The normalized spacial score (nSPS) is 27.9. The number of aromatic nitrogens is 3. The zero-order chi connectivity index (χ0) is 17.8. The predicted molar refractivity (Wildman–Crippen MR) is 94.9 cm³/mol. The van der Waals surface area contributed by atoms with Crippen molar-refractivity contribution in [1.29, 1.82) is 0 Å². The summed E-state index contributed by atoms with van der Waals surface area (Å²) in [7, 11) is 1.77. The molecule has 0 saturated carbocycles. The van der Waals surface area contributed by atoms with E-state index in [1.807, 2.05) is 41.1 Å². The highest BCUT2D eigenvalue weighted by Crippen LogP contribution is 2.36. The van der Waals surface area contributed by atoms with Gasteiger partial charge < -0.3 is 23.7 Å². The minimum absolute atomic E-state index is 0.0982. The van der Waals surface area contributed by atoms with E-state index in [1.165, 1.54) is 0 Å². The first-order valence-electron chi connectivity index (χ1n) is 8.68. The molecular weight excluding hydrogens is 334 g/mol. The maximum Gasteiger partial charge on any atom is 0.261 e. The van der Waals surface area contributed by atoms with Gasteiger partial charge in [-0.1, -0.05) is 18.2 Å². The Morgan fingerprint density at radius 1 is 1.19 bits per heavy atom. The highest BCUT2D eigenvalue weighted by atomic mass is 16.6. The van der Waals surface area contributed by atoms with Crippen molar-refractivity contribution in [3.8, 4) is 11.4 Å². The molecule has 134 valence electrons. The Balaban J connectivity index is 1.63. The molecule has 0 bridgehead atoms. The van der Waals surface area contributed by atoms with Crippen molar-refractivity contribution in [3.63, 3.8) is 0 Å². The van der Waals surface area contributed by atoms with Crippen molar-refractivity contribution in [3.05, 3.63) is 53.1 Å². The van der Waals surface area contributed by atoms with Crippen LogP contribution >= 0.6 is 0 Å². The van der Waals surface area contributed by atoms with Gasteiger partial charge in [0.1, 0.15) is 24.1 Å². The monoisotopic (exact) mass is 353 g/mol. The van der Waals surface area contributed by atoms with Gasteiger partial charge in [0.15, 0.2) is 0 Å². The molecule has 2 aromatic heterocycles. The van der Waals surface area contributed by atoms with Crippen LogP contribution in [0.1, 0.15) is 6.04 Å². The van der Waals surface area contributed by atoms with E-state index in [9.17, 15) is 9.90 Å². The maximum absolute atomic E-state index is 12.9. The molecular formula is C19H19N3O4. The van der Waals surface area contributed by atoms with E-state index in [1.54, 1.807) is 17.8 Å². The lowest BCUT2D eigenvalue weighted by Crippen LogP contribution is -2.30. The van der Waals surface area contributed by atoms with E-state index in [4.69, 9.17) is 9.47 Å². The van der Waals surface area contributed by atoms with Crippen molar-refractivity contribution in [2.24, 2.45) is 7.05 Å². The number of rotatable bonds is 2. The van der Waals surface area contributed by atoms with Crippen molar-refractivity contribution in [1.82, 2.24) is 14.1 Å². The number of aliphatic hydroxyl groups excluding tert-OH is 1. The standard InChI is InChI=1S/C19H19N3O4/c1-21-13-5-3-2-4-11(13)8-12(19(21)24)18-20-6-7-22(18)14-9-25-17-15(23)10-26-16(14)17/h2-8,14-17,23H,9-10H2,1H3/t14-,15-,16-,17-/m1/s1. The van der Waals surface area contributed by atoms with Crippen molar-refractivity contribution in [2.45, 2.75) is 24.4 Å². The second kappa shape index (κ2) is 5.77. The van der Waals surface area contributed by atoms with Crippen LogP contribution in [0.4, 0.5) is 0 Å². The molecule has 2 aliphatic rings. The van der Waals surface area contributed by atoms with Crippen molar-refractivity contribution < 1.29 is 14.6 Å². The van der Waals surface area contributed by atoms with Crippen LogP contribution in [0.5, 0.6) is 0 Å². The average Bonchev–Trinajstić information content (AvgIpc) is 3.36. The first-order chi connectivity index (χ1) is 12.6. The molecule has 2 saturated heterocycles. The van der Waals surface area contributed by atoms with Gasteiger partial charge in [-0.05, 0) is 17.5 Å². The highest BCUT2D eigenvalue weighted by Gasteiger charge is 2.48. The summed E-state index contributed by atoms with van der Waals surface area (Å²) in [5.41, 5.74) is 1.32. The molecule has 0 spiro atoms. The summed E-state index contributed by atoms with van der Waals surface area (Å²) >= 11 is 0. The van der Waals surface area contributed by atoms with Crippen LogP contribution in [0.3, 0.4) is 0 Å². The zero-order valence-corrected chi connectivity index (χ0v) is 14.3. The third kappa shape index (κ3) is 2.18. The molecule has 5 rings (SSSR count). The molecule has 2 fully saturated rings. The minimum atomic E-state index is -0.606. The first-order valence-corrected chi connectivity index (χ1v) is 8.68. The van der Waals surface area contributed by atoms with Crippen LogP contribution in [-0.2, 0) is 16.5 Å². The number of para-hydroxylation sites is 1. The fourth-order valence-corrected chi connectivity index (χ4v) is 4.07. The average molecular weight is 353 g/mol. The molecule has 0 unspecified atom stereocenters. The molecule has 4 heterocycles. The Morgan fingerprint density at radius 2 is 2.00 bits per heavy atom. The molecule has 0 radical (unpaired) electrons. The lowest BCUT2D eigenvalue weighted by atomic mass is 10.1. The van der Waals surface area contributed by atoms with Gasteiger partial charge in [0.05, 0.1) is 30.3 Å². The van der Waals surface area contributed by atoms with E-state index in [0.29, 0.717) is 18.0 Å². The molecule has 4 atom stereocenters. The first kappa shape index (κ1) is 15.7. The molecule has 1 aromatic carbocycles. The fourth-order valence-electron chi connectivity index (χ4n) is 4.07. The van der Waals surface area contributed by atoms with Gasteiger partial charge in [0.25, 0.3) is 5.56 Å². The predicted octanol–water partition coefficient (Wildman–Crippen LogP) is 1.10. The van der Waals surface area contributed by atoms with Gasteiger partial charge in [-0.25, -0.2) is 4.98 Å². The van der Waals surface area contributed by atoms with E-state index >= 15 is 0 Å². The summed E-state index contributed by atoms with van der Waals surface area (Å²) in [6.45, 7) is 0.692. The van der Waals surface area contributed by atoms with Crippen LogP contribution in [-0.4, -0.2) is 50.8 Å². The number of imidazole rings is 1. The number of pyridine rings is 1. The zero-order valence-electron chi connectivity index (χ0n) is 14.3. The number of nitrogens with zero attached hydrogens (tertiary/aromatic N) is 3. The number of aryl methyl sites for hydroxylation is 1. The third-order valence-corrected chi connectivity index (χ3v) is 5.40. The number of hydrogen-bond donors (Lipinski definition) is 1. The summed E-state index contributed by atoms with van der Waals surface area (Å²) < 4.78 is 15.1. The minimum Gasteiger partial charge on any atom is -0.388 e. The van der Waals surface area contributed by atoms with Crippen LogP contribution < -0.4 is 5.56 Å². The Morgan fingerprint density at radius 3 is 2.88 bits per heavy atom. The second-order valence-corrected chi connectivity index (χ2v) is 6.87. The molecule has 26 heavy (non-hydrogen) atoms. The second-order valence-electron chi connectivity index (χ2n) is 6.87. The smallest absolute Gasteiger partial charge is 0.261 e. The number of ether oxygens (including phenoxy) is 2. The van der Waals surface area contributed by atoms with Crippen LogP contribution in [0.2, 0.25) is 0 Å². The number of aliphatic hydroxyl groups is 1. The number of benzene rings is 1. The molecule has 2 aliphatic heterocycles. The molecule has 0 aliphatic carbocycles. The fraction of sp³-hybridized carbons (Fsp3) is 0.368. The topological polar surface area (TPSA) is 78.5 Å². The van der Waals surface area contributed by atoms with E-state index in [2.05, 4.69) is 4.98 Å². The highest BCUT2D eigenvalue weighted by molar-refractivity contribution is 5.83. The van der Waals surface area contributed by atoms with Crippen molar-refractivity contribution in [2.75, 3.05) is 13.2 Å². The van der Waals surface area contributed by atoms with Crippen LogP contribution in [0, 0.1) is 0 Å². The van der Waals surface area contributed by atoms with Gasteiger partial charge in [0.2, 0.25) is 0 Å². The third-order valence-electron chi connectivity index (χ3n) is 5.40. The van der Waals surface area contributed by atoms with Gasteiger partial charge in [-0.3, -0.25) is 4.79 Å². The van der Waals surface area contributed by atoms with Crippen LogP contribution in [0.25, 0.3) is 22.3 Å². The Hall–Kier alpha value is -2.48. The van der Waals surface area contributed by atoms with Gasteiger partial charge >= 0.3 is 0 Å². The van der Waals surface area contributed by atoms with E-state index < -0.39 is 6.10 Å². The molecule has 3 aromatic rings. The summed E-state index contributed by atoms with van der Waals surface area (Å²) in [4.78, 5) is 17.4. The maximum atomic E-state index is 12.9. The van der Waals surface area contributed by atoms with Gasteiger partial charge in [0, 0.05) is 19.4 Å². The molecule has 1 N–H and O–H groups in total. The summed E-state index contributed by atoms with van der Waals surface area (Å²) in [6, 6.07) is 9.54. The Labute approximate surface area is 149 Å². The largest absolute Gasteiger partial charge is 0.388 e. The van der Waals surface area contributed by atoms with E-state index in [0.717, 1.165) is 10.9 Å². The molecule has 7 heteroatoms.